The van der Waals surface area contributed by atoms with E-state index >= 15 is 0 Å². The molecular formula is C11H19N3OS. The number of nitrogens with two attached hydrogens (primary N) is 1. The van der Waals surface area contributed by atoms with E-state index in [1.54, 1.807) is 0 Å². The standard InChI is InChI=1S/C11H19N3OS/c1-7-3-8(2)5-9(4-7)15-6-10-13-14-11(12)16-10/h7-9H,3-6H2,1-2H3,(H2,12,14). The van der Waals surface area contributed by atoms with Crippen molar-refractivity contribution < 1.29 is 4.74 Å². The molecular weight excluding hydrogens is 222 g/mol. The molecule has 5 heteroatoms. The molecule has 0 bridgehead atoms. The summed E-state index contributed by atoms with van der Waals surface area (Å²) in [7, 11) is 0. The highest BCUT2D eigenvalue weighted by Crippen LogP contribution is 2.30. The van der Waals surface area contributed by atoms with Gasteiger partial charge in [-0.2, -0.15) is 0 Å². The molecule has 1 aromatic heterocycles. The Balaban J connectivity index is 1.81. The number of hydrogen-bond donors (Lipinski definition) is 1. The Morgan fingerprint density at radius 3 is 2.50 bits per heavy atom. The maximum atomic E-state index is 5.88. The minimum absolute atomic E-state index is 0.379. The van der Waals surface area contributed by atoms with Crippen LogP contribution in [-0.4, -0.2) is 16.3 Å². The van der Waals surface area contributed by atoms with E-state index in [2.05, 4.69) is 24.0 Å². The maximum absolute atomic E-state index is 5.88. The minimum Gasteiger partial charge on any atom is -0.374 e. The molecule has 1 aromatic rings. The van der Waals surface area contributed by atoms with Crippen LogP contribution < -0.4 is 5.73 Å². The number of anilines is 1. The molecule has 1 aliphatic rings. The molecule has 16 heavy (non-hydrogen) atoms. The van der Waals surface area contributed by atoms with Crippen molar-refractivity contribution in [1.29, 1.82) is 0 Å². The summed E-state index contributed by atoms with van der Waals surface area (Å²) in [5.41, 5.74) is 5.52. The average molecular weight is 241 g/mol. The van der Waals surface area contributed by atoms with Crippen molar-refractivity contribution in [3.05, 3.63) is 5.01 Å². The van der Waals surface area contributed by atoms with E-state index in [0.29, 0.717) is 17.8 Å². The first-order chi connectivity index (χ1) is 7.63. The molecule has 1 saturated carbocycles. The van der Waals surface area contributed by atoms with Gasteiger partial charge in [-0.25, -0.2) is 0 Å². The monoisotopic (exact) mass is 241 g/mol. The number of aromatic nitrogens is 2. The van der Waals surface area contributed by atoms with Gasteiger partial charge in [0.25, 0.3) is 0 Å². The van der Waals surface area contributed by atoms with Crippen LogP contribution >= 0.6 is 11.3 Å². The molecule has 0 saturated heterocycles. The van der Waals surface area contributed by atoms with E-state index in [1.807, 2.05) is 0 Å². The highest BCUT2D eigenvalue weighted by molar-refractivity contribution is 7.15. The first-order valence-electron chi connectivity index (χ1n) is 5.83. The zero-order valence-corrected chi connectivity index (χ0v) is 10.7. The fraction of sp³-hybridized carbons (Fsp3) is 0.818. The number of nitrogens with zero attached hydrogens (tertiary/aromatic N) is 2. The fourth-order valence-electron chi connectivity index (χ4n) is 2.52. The van der Waals surface area contributed by atoms with E-state index in [1.165, 1.54) is 30.6 Å². The second kappa shape index (κ2) is 5.10. The minimum atomic E-state index is 0.379. The fourth-order valence-corrected chi connectivity index (χ4v) is 3.05. The summed E-state index contributed by atoms with van der Waals surface area (Å²) in [6.45, 7) is 5.16. The molecule has 1 fully saturated rings. The van der Waals surface area contributed by atoms with E-state index < -0.39 is 0 Å². The average Bonchev–Trinajstić information content (AvgIpc) is 2.60. The summed E-state index contributed by atoms with van der Waals surface area (Å²) in [6.07, 6.45) is 4.03. The van der Waals surface area contributed by atoms with Gasteiger partial charge in [-0.15, -0.1) is 10.2 Å². The molecule has 2 rings (SSSR count). The zero-order chi connectivity index (χ0) is 11.5. The maximum Gasteiger partial charge on any atom is 0.203 e. The first-order valence-corrected chi connectivity index (χ1v) is 6.64. The molecule has 0 amide bonds. The van der Waals surface area contributed by atoms with E-state index in [-0.39, 0.29) is 0 Å². The molecule has 1 heterocycles. The van der Waals surface area contributed by atoms with Crippen LogP contribution in [0.15, 0.2) is 0 Å². The highest BCUT2D eigenvalue weighted by atomic mass is 32.1. The number of nitrogen functional groups attached to an aromatic ring is 1. The van der Waals surface area contributed by atoms with Crippen molar-refractivity contribution in [2.75, 3.05) is 5.73 Å². The summed E-state index contributed by atoms with van der Waals surface area (Å²) >= 11 is 1.41. The van der Waals surface area contributed by atoms with Gasteiger partial charge in [0, 0.05) is 0 Å². The lowest BCUT2D eigenvalue weighted by Gasteiger charge is -2.31. The Labute approximate surface area is 100 Å². The molecule has 2 unspecified atom stereocenters. The third-order valence-electron chi connectivity index (χ3n) is 3.06. The third-order valence-corrected chi connectivity index (χ3v) is 3.79. The van der Waals surface area contributed by atoms with Gasteiger partial charge >= 0.3 is 0 Å². The predicted molar refractivity (Wildman–Crippen MR) is 65.1 cm³/mol. The summed E-state index contributed by atoms with van der Waals surface area (Å²) in [4.78, 5) is 0. The van der Waals surface area contributed by atoms with Gasteiger partial charge in [-0.1, -0.05) is 25.2 Å². The lowest BCUT2D eigenvalue weighted by atomic mass is 9.82. The summed E-state index contributed by atoms with van der Waals surface area (Å²) in [5.74, 6) is 1.54. The van der Waals surface area contributed by atoms with Gasteiger partial charge < -0.3 is 10.5 Å². The van der Waals surface area contributed by atoms with E-state index in [9.17, 15) is 0 Å². The van der Waals surface area contributed by atoms with Crippen LogP contribution in [0.3, 0.4) is 0 Å². The van der Waals surface area contributed by atoms with Crippen molar-refractivity contribution in [3.63, 3.8) is 0 Å². The second-order valence-corrected chi connectivity index (χ2v) is 5.98. The Morgan fingerprint density at radius 2 is 1.94 bits per heavy atom. The number of ether oxygens (including phenoxy) is 1. The molecule has 0 aliphatic heterocycles. The van der Waals surface area contributed by atoms with Crippen LogP contribution in [0.25, 0.3) is 0 Å². The molecule has 1 aliphatic carbocycles. The Hall–Kier alpha value is -0.680. The topological polar surface area (TPSA) is 61.0 Å². The Kier molecular flexibility index (Phi) is 3.76. The lowest BCUT2D eigenvalue weighted by molar-refractivity contribution is -0.00939. The predicted octanol–water partition coefficient (Wildman–Crippen LogP) is 2.46. The molecule has 0 spiro atoms. The normalized spacial score (nSPS) is 30.5. The Bertz CT molecular complexity index is 332. The third kappa shape index (κ3) is 3.15. The molecule has 0 radical (unpaired) electrons. The van der Waals surface area contributed by atoms with Crippen LogP contribution in [0.5, 0.6) is 0 Å². The molecule has 4 nitrogen and oxygen atoms in total. The Morgan fingerprint density at radius 1 is 1.25 bits per heavy atom. The van der Waals surface area contributed by atoms with Crippen LogP contribution in [0.2, 0.25) is 0 Å². The van der Waals surface area contributed by atoms with Crippen molar-refractivity contribution in [3.8, 4) is 0 Å². The largest absolute Gasteiger partial charge is 0.374 e. The van der Waals surface area contributed by atoms with Crippen molar-refractivity contribution in [2.24, 2.45) is 11.8 Å². The van der Waals surface area contributed by atoms with Gasteiger partial charge in [0.2, 0.25) is 5.13 Å². The summed E-state index contributed by atoms with van der Waals surface area (Å²) in [5, 5.41) is 9.13. The van der Waals surface area contributed by atoms with Gasteiger partial charge in [-0.05, 0) is 31.1 Å². The van der Waals surface area contributed by atoms with Crippen LogP contribution in [0, 0.1) is 11.8 Å². The van der Waals surface area contributed by atoms with Crippen molar-refractivity contribution >= 4 is 16.5 Å². The van der Waals surface area contributed by atoms with Crippen LogP contribution in [0.1, 0.15) is 38.1 Å². The number of hydrogen-bond acceptors (Lipinski definition) is 5. The lowest BCUT2D eigenvalue weighted by Crippen LogP contribution is -2.26. The van der Waals surface area contributed by atoms with Gasteiger partial charge in [0.05, 0.1) is 6.10 Å². The van der Waals surface area contributed by atoms with Crippen LogP contribution in [-0.2, 0) is 11.3 Å². The van der Waals surface area contributed by atoms with E-state index in [4.69, 9.17) is 10.5 Å². The summed E-state index contributed by atoms with van der Waals surface area (Å²) in [6, 6.07) is 0. The molecule has 2 N–H and O–H groups in total. The quantitative estimate of drug-likeness (QED) is 0.883. The SMILES string of the molecule is CC1CC(C)CC(OCc2nnc(N)s2)C1. The van der Waals surface area contributed by atoms with Gasteiger partial charge in [-0.3, -0.25) is 0 Å². The zero-order valence-electron chi connectivity index (χ0n) is 9.85. The molecule has 2 atom stereocenters. The summed E-state index contributed by atoms with van der Waals surface area (Å²) < 4.78 is 5.88. The van der Waals surface area contributed by atoms with E-state index in [0.717, 1.165) is 16.8 Å². The highest BCUT2D eigenvalue weighted by Gasteiger charge is 2.24. The molecule has 90 valence electrons. The second-order valence-electron chi connectivity index (χ2n) is 4.88. The van der Waals surface area contributed by atoms with Gasteiger partial charge in [0.1, 0.15) is 11.6 Å². The number of rotatable bonds is 3. The smallest absolute Gasteiger partial charge is 0.203 e. The molecule has 0 aromatic carbocycles. The first kappa shape index (κ1) is 11.8. The van der Waals surface area contributed by atoms with Crippen LogP contribution in [0.4, 0.5) is 5.13 Å². The van der Waals surface area contributed by atoms with Crippen molar-refractivity contribution in [1.82, 2.24) is 10.2 Å². The van der Waals surface area contributed by atoms with Crippen molar-refractivity contribution in [2.45, 2.75) is 45.8 Å². The van der Waals surface area contributed by atoms with Gasteiger partial charge in [0.15, 0.2) is 0 Å².